The largest absolute Gasteiger partial charge is 0.481 e. The molecule has 0 radical (unpaired) electrons. The van der Waals surface area contributed by atoms with Crippen LogP contribution in [0.15, 0.2) is 18.3 Å². The number of thioether (sulfide) groups is 1. The van der Waals surface area contributed by atoms with Crippen LogP contribution in [-0.2, 0) is 6.54 Å². The Labute approximate surface area is 107 Å². The minimum atomic E-state index is 0.285. The molecule has 0 fully saturated rings. The highest BCUT2D eigenvalue weighted by Crippen LogP contribution is 2.12. The fourth-order valence-electron chi connectivity index (χ4n) is 1.38. The number of rotatable bonds is 9. The van der Waals surface area contributed by atoms with Gasteiger partial charge in [-0.2, -0.15) is 11.8 Å². The van der Waals surface area contributed by atoms with E-state index in [-0.39, 0.29) is 6.61 Å². The molecule has 0 bridgehead atoms. The second-order valence-corrected chi connectivity index (χ2v) is 4.76. The number of aliphatic hydroxyl groups excluding tert-OH is 1. The van der Waals surface area contributed by atoms with Crippen LogP contribution in [0.5, 0.6) is 5.88 Å². The first kappa shape index (κ1) is 14.3. The number of methoxy groups -OCH3 is 1. The maximum Gasteiger partial charge on any atom is 0.217 e. The molecule has 1 aromatic heterocycles. The van der Waals surface area contributed by atoms with Gasteiger partial charge in [-0.15, -0.1) is 0 Å². The minimum absolute atomic E-state index is 0.285. The monoisotopic (exact) mass is 256 g/mol. The van der Waals surface area contributed by atoms with E-state index in [2.05, 4.69) is 10.3 Å². The van der Waals surface area contributed by atoms with Crippen LogP contribution in [0.3, 0.4) is 0 Å². The van der Waals surface area contributed by atoms with Crippen LogP contribution in [0.2, 0.25) is 0 Å². The Balaban J connectivity index is 2.13. The van der Waals surface area contributed by atoms with E-state index in [4.69, 9.17) is 9.84 Å². The molecule has 5 heteroatoms. The minimum Gasteiger partial charge on any atom is -0.481 e. The summed E-state index contributed by atoms with van der Waals surface area (Å²) in [5.41, 5.74) is 1.08. The molecule has 0 saturated carbocycles. The molecular weight excluding hydrogens is 236 g/mol. The van der Waals surface area contributed by atoms with Crippen molar-refractivity contribution < 1.29 is 9.84 Å². The second-order valence-electron chi connectivity index (χ2n) is 3.54. The van der Waals surface area contributed by atoms with Gasteiger partial charge in [0.15, 0.2) is 0 Å². The van der Waals surface area contributed by atoms with Gasteiger partial charge < -0.3 is 15.2 Å². The average Bonchev–Trinajstić information content (AvgIpc) is 2.38. The lowest BCUT2D eigenvalue weighted by Gasteiger charge is -2.08. The predicted molar refractivity (Wildman–Crippen MR) is 71.5 cm³/mol. The highest BCUT2D eigenvalue weighted by atomic mass is 32.2. The van der Waals surface area contributed by atoms with Gasteiger partial charge in [-0.1, -0.05) is 6.07 Å². The van der Waals surface area contributed by atoms with E-state index in [0.29, 0.717) is 5.88 Å². The third-order valence-electron chi connectivity index (χ3n) is 2.23. The number of hydrogen-bond acceptors (Lipinski definition) is 5. The van der Waals surface area contributed by atoms with Crippen molar-refractivity contribution in [3.63, 3.8) is 0 Å². The quantitative estimate of drug-likeness (QED) is 0.652. The Hall–Kier alpha value is -0.780. The molecule has 4 nitrogen and oxygen atoms in total. The van der Waals surface area contributed by atoms with Crippen molar-refractivity contribution in [1.82, 2.24) is 10.3 Å². The first-order chi connectivity index (χ1) is 8.38. The van der Waals surface area contributed by atoms with Crippen LogP contribution in [0.4, 0.5) is 0 Å². The van der Waals surface area contributed by atoms with Crippen molar-refractivity contribution in [3.05, 3.63) is 23.9 Å². The van der Waals surface area contributed by atoms with Crippen LogP contribution < -0.4 is 10.1 Å². The van der Waals surface area contributed by atoms with Crippen molar-refractivity contribution in [3.8, 4) is 5.88 Å². The van der Waals surface area contributed by atoms with E-state index in [9.17, 15) is 0 Å². The van der Waals surface area contributed by atoms with Gasteiger partial charge in [0, 0.05) is 37.2 Å². The Morgan fingerprint density at radius 3 is 3.12 bits per heavy atom. The fraction of sp³-hybridized carbons (Fsp3) is 0.583. The maximum atomic E-state index is 8.63. The number of pyridine rings is 1. The van der Waals surface area contributed by atoms with Crippen LogP contribution >= 0.6 is 11.8 Å². The molecule has 1 aromatic rings. The molecule has 0 atom stereocenters. The summed E-state index contributed by atoms with van der Waals surface area (Å²) in [5.74, 6) is 2.77. The zero-order valence-electron chi connectivity index (χ0n) is 10.2. The molecule has 1 heterocycles. The molecule has 17 heavy (non-hydrogen) atoms. The smallest absolute Gasteiger partial charge is 0.217 e. The molecular formula is C12H20N2O2S. The molecule has 96 valence electrons. The van der Waals surface area contributed by atoms with Crippen molar-refractivity contribution in [2.24, 2.45) is 0 Å². The average molecular weight is 256 g/mol. The summed E-state index contributed by atoms with van der Waals surface area (Å²) < 4.78 is 5.17. The summed E-state index contributed by atoms with van der Waals surface area (Å²) in [5, 5.41) is 12.0. The zero-order valence-corrected chi connectivity index (χ0v) is 11.0. The first-order valence-corrected chi connectivity index (χ1v) is 6.91. The lowest BCUT2D eigenvalue weighted by atomic mass is 10.2. The summed E-state index contributed by atoms with van der Waals surface area (Å²) in [6.07, 6.45) is 2.61. The van der Waals surface area contributed by atoms with Gasteiger partial charge in [0.25, 0.3) is 0 Å². The second kappa shape index (κ2) is 9.27. The third-order valence-corrected chi connectivity index (χ3v) is 3.30. The van der Waals surface area contributed by atoms with Crippen molar-refractivity contribution in [2.75, 3.05) is 31.8 Å². The zero-order chi connectivity index (χ0) is 12.3. The molecule has 2 N–H and O–H groups in total. The van der Waals surface area contributed by atoms with Crippen LogP contribution in [0.25, 0.3) is 0 Å². The number of nitrogens with zero attached hydrogens (tertiary/aromatic N) is 1. The van der Waals surface area contributed by atoms with Gasteiger partial charge >= 0.3 is 0 Å². The number of hydrogen-bond donors (Lipinski definition) is 2. The van der Waals surface area contributed by atoms with E-state index in [1.165, 1.54) is 0 Å². The van der Waals surface area contributed by atoms with Gasteiger partial charge in [0.05, 0.1) is 7.11 Å². The fourth-order valence-corrected chi connectivity index (χ4v) is 2.20. The topological polar surface area (TPSA) is 54.4 Å². The number of ether oxygens (including phenoxy) is 1. The molecule has 0 aliphatic heterocycles. The van der Waals surface area contributed by atoms with Gasteiger partial charge in [-0.25, -0.2) is 4.98 Å². The lowest BCUT2D eigenvalue weighted by Crippen LogP contribution is -2.17. The van der Waals surface area contributed by atoms with Crippen LogP contribution in [0.1, 0.15) is 12.0 Å². The van der Waals surface area contributed by atoms with E-state index < -0.39 is 0 Å². The Morgan fingerprint density at radius 2 is 2.35 bits per heavy atom. The van der Waals surface area contributed by atoms with E-state index in [1.807, 2.05) is 23.9 Å². The van der Waals surface area contributed by atoms with E-state index in [0.717, 1.165) is 36.6 Å². The molecule has 0 aromatic carbocycles. The summed E-state index contributed by atoms with van der Waals surface area (Å²) in [7, 11) is 1.64. The van der Waals surface area contributed by atoms with Gasteiger partial charge in [0.2, 0.25) is 5.88 Å². The van der Waals surface area contributed by atoms with E-state index in [1.54, 1.807) is 13.3 Å². The molecule has 0 unspecified atom stereocenters. The Bertz CT molecular complexity index is 310. The number of aliphatic hydroxyl groups is 1. The predicted octanol–water partition coefficient (Wildman–Crippen LogP) is 1.30. The maximum absolute atomic E-state index is 8.63. The molecule has 0 spiro atoms. The molecule has 0 saturated heterocycles. The highest BCUT2D eigenvalue weighted by Gasteiger charge is 2.01. The van der Waals surface area contributed by atoms with Crippen LogP contribution in [-0.4, -0.2) is 41.9 Å². The third kappa shape index (κ3) is 5.91. The van der Waals surface area contributed by atoms with Crippen molar-refractivity contribution in [2.45, 2.75) is 13.0 Å². The summed E-state index contributed by atoms with van der Waals surface area (Å²) in [4.78, 5) is 4.14. The van der Waals surface area contributed by atoms with Crippen molar-refractivity contribution >= 4 is 11.8 Å². The van der Waals surface area contributed by atoms with Gasteiger partial charge in [-0.05, 0) is 18.2 Å². The number of aromatic nitrogens is 1. The van der Waals surface area contributed by atoms with Crippen LogP contribution in [0, 0.1) is 0 Å². The molecule has 1 rings (SSSR count). The summed E-state index contributed by atoms with van der Waals surface area (Å²) in [6, 6.07) is 3.92. The molecule has 0 amide bonds. The molecule has 0 aliphatic rings. The molecule has 0 aliphatic carbocycles. The first-order valence-electron chi connectivity index (χ1n) is 5.75. The number of nitrogens with one attached hydrogen (secondary N) is 1. The lowest BCUT2D eigenvalue weighted by molar-refractivity contribution is 0.296. The SMILES string of the molecule is COc1ncccc1CNCCSCCCO. The van der Waals surface area contributed by atoms with Gasteiger partial charge in [-0.3, -0.25) is 0 Å². The highest BCUT2D eigenvalue weighted by molar-refractivity contribution is 7.99. The van der Waals surface area contributed by atoms with Gasteiger partial charge in [0.1, 0.15) is 0 Å². The summed E-state index contributed by atoms with van der Waals surface area (Å²) in [6.45, 7) is 2.01. The summed E-state index contributed by atoms with van der Waals surface area (Å²) >= 11 is 1.85. The Morgan fingerprint density at radius 1 is 1.47 bits per heavy atom. The Kier molecular flexibility index (Phi) is 7.79. The van der Waals surface area contributed by atoms with E-state index >= 15 is 0 Å². The standard InChI is InChI=1S/C12H20N2O2S/c1-16-12-11(4-2-5-14-12)10-13-6-9-17-8-3-7-15/h2,4-5,13,15H,3,6-10H2,1H3. The van der Waals surface area contributed by atoms with Crippen molar-refractivity contribution in [1.29, 1.82) is 0 Å². The normalized spacial score (nSPS) is 10.5.